The molecule has 1 aromatic heterocycles. The molecule has 0 aliphatic rings. The Bertz CT molecular complexity index is 601. The molecule has 1 heterocycles. The van der Waals surface area contributed by atoms with Gasteiger partial charge in [-0.25, -0.2) is 0 Å². The summed E-state index contributed by atoms with van der Waals surface area (Å²) in [5.74, 6) is -0.0261. The number of carbonyl (C=O) groups is 1. The lowest BCUT2D eigenvalue weighted by atomic mass is 10.1. The van der Waals surface area contributed by atoms with Crippen LogP contribution < -0.4 is 5.32 Å². The molecule has 1 aromatic carbocycles. The molecule has 18 heavy (non-hydrogen) atoms. The lowest BCUT2D eigenvalue weighted by Crippen LogP contribution is -2.18. The standard InChI is InChI=1S/C14H15NOS.ClH/c1-9(14(16)15-3)8-13-10(2)11-6-4-5-7-12(11)17-13;/h4-8H,1-3H3,(H,15,16);1H. The molecule has 2 nitrogen and oxygen atoms in total. The molecule has 0 bridgehead atoms. The van der Waals surface area contributed by atoms with Gasteiger partial charge in [0.05, 0.1) is 0 Å². The summed E-state index contributed by atoms with van der Waals surface area (Å²) in [6.45, 7) is 3.93. The van der Waals surface area contributed by atoms with E-state index in [-0.39, 0.29) is 18.3 Å². The van der Waals surface area contributed by atoms with Gasteiger partial charge in [-0.3, -0.25) is 4.79 Å². The number of rotatable bonds is 2. The molecule has 2 aromatic rings. The number of thiophene rings is 1. The Balaban J connectivity index is 0.00000162. The zero-order valence-corrected chi connectivity index (χ0v) is 12.2. The predicted octanol–water partition coefficient (Wildman–Crippen LogP) is 3.78. The molecular formula is C14H16ClNOS. The maximum atomic E-state index is 11.5. The number of halogens is 1. The fourth-order valence-electron chi connectivity index (χ4n) is 1.79. The maximum Gasteiger partial charge on any atom is 0.246 e. The number of hydrogen-bond donors (Lipinski definition) is 1. The fraction of sp³-hybridized carbons (Fsp3) is 0.214. The van der Waals surface area contributed by atoms with Crippen LogP contribution in [0.1, 0.15) is 17.4 Å². The molecule has 0 aliphatic heterocycles. The van der Waals surface area contributed by atoms with Gasteiger partial charge in [0.2, 0.25) is 5.91 Å². The highest BCUT2D eigenvalue weighted by Gasteiger charge is 2.07. The van der Waals surface area contributed by atoms with Crippen LogP contribution in [0.5, 0.6) is 0 Å². The number of amides is 1. The van der Waals surface area contributed by atoms with E-state index in [1.54, 1.807) is 18.4 Å². The fourth-order valence-corrected chi connectivity index (χ4v) is 3.00. The Labute approximate surface area is 117 Å². The second-order valence-electron chi connectivity index (χ2n) is 3.99. The van der Waals surface area contributed by atoms with E-state index >= 15 is 0 Å². The summed E-state index contributed by atoms with van der Waals surface area (Å²) in [7, 11) is 1.65. The summed E-state index contributed by atoms with van der Waals surface area (Å²) >= 11 is 1.72. The second-order valence-corrected chi connectivity index (χ2v) is 5.08. The third-order valence-corrected chi connectivity index (χ3v) is 4.03. The summed E-state index contributed by atoms with van der Waals surface area (Å²) in [5.41, 5.74) is 1.98. The van der Waals surface area contributed by atoms with Gasteiger partial charge in [0.15, 0.2) is 0 Å². The molecule has 0 spiro atoms. The lowest BCUT2D eigenvalue weighted by molar-refractivity contribution is -0.116. The van der Waals surface area contributed by atoms with Gasteiger partial charge in [-0.05, 0) is 36.9 Å². The van der Waals surface area contributed by atoms with Crippen molar-refractivity contribution in [1.29, 1.82) is 0 Å². The minimum Gasteiger partial charge on any atom is -0.355 e. The Morgan fingerprint density at radius 2 is 2.00 bits per heavy atom. The summed E-state index contributed by atoms with van der Waals surface area (Å²) in [6.07, 6.45) is 1.96. The van der Waals surface area contributed by atoms with Crippen LogP contribution >= 0.6 is 23.7 Å². The number of hydrogen-bond acceptors (Lipinski definition) is 2. The van der Waals surface area contributed by atoms with E-state index in [9.17, 15) is 4.79 Å². The van der Waals surface area contributed by atoms with E-state index in [1.165, 1.54) is 15.6 Å². The molecule has 0 unspecified atom stereocenters. The highest BCUT2D eigenvalue weighted by Crippen LogP contribution is 2.31. The predicted molar refractivity (Wildman–Crippen MR) is 81.5 cm³/mol. The molecule has 0 radical (unpaired) electrons. The zero-order chi connectivity index (χ0) is 12.4. The van der Waals surface area contributed by atoms with E-state index in [2.05, 4.69) is 24.4 Å². The highest BCUT2D eigenvalue weighted by molar-refractivity contribution is 7.20. The molecule has 1 N–H and O–H groups in total. The van der Waals surface area contributed by atoms with Crippen molar-refractivity contribution >= 4 is 45.8 Å². The Hall–Kier alpha value is -1.32. The average molecular weight is 282 g/mol. The molecule has 0 saturated carbocycles. The van der Waals surface area contributed by atoms with Crippen LogP contribution in [0.25, 0.3) is 16.2 Å². The lowest BCUT2D eigenvalue weighted by Gasteiger charge is -1.98. The van der Waals surface area contributed by atoms with Gasteiger partial charge in [-0.15, -0.1) is 23.7 Å². The van der Waals surface area contributed by atoms with Crippen molar-refractivity contribution in [2.24, 2.45) is 0 Å². The minimum absolute atomic E-state index is 0. The Morgan fingerprint density at radius 3 is 2.61 bits per heavy atom. The largest absolute Gasteiger partial charge is 0.355 e. The molecule has 0 saturated heterocycles. The van der Waals surface area contributed by atoms with E-state index in [0.717, 1.165) is 10.5 Å². The van der Waals surface area contributed by atoms with Gasteiger partial charge in [0.1, 0.15) is 0 Å². The SMILES string of the molecule is CNC(=O)C(C)=Cc1sc2ccccc2c1C.Cl. The normalized spacial score (nSPS) is 11.2. The second kappa shape index (κ2) is 6.03. The van der Waals surface area contributed by atoms with Crippen LogP contribution in [0.2, 0.25) is 0 Å². The number of likely N-dealkylation sites (N-methyl/N-ethyl adjacent to an activating group) is 1. The number of nitrogens with one attached hydrogen (secondary N) is 1. The van der Waals surface area contributed by atoms with E-state index in [4.69, 9.17) is 0 Å². The molecule has 96 valence electrons. The van der Waals surface area contributed by atoms with Crippen molar-refractivity contribution in [2.45, 2.75) is 13.8 Å². The van der Waals surface area contributed by atoms with Crippen LogP contribution in [0.4, 0.5) is 0 Å². The van der Waals surface area contributed by atoms with Crippen LogP contribution in [0.15, 0.2) is 29.8 Å². The first-order chi connectivity index (χ1) is 8.13. The molecule has 0 fully saturated rings. The van der Waals surface area contributed by atoms with Gasteiger partial charge in [0, 0.05) is 22.2 Å². The number of fused-ring (bicyclic) bond motifs is 1. The van der Waals surface area contributed by atoms with Crippen molar-refractivity contribution in [3.8, 4) is 0 Å². The van der Waals surface area contributed by atoms with Crippen molar-refractivity contribution in [2.75, 3.05) is 7.05 Å². The summed E-state index contributed by atoms with van der Waals surface area (Å²) in [6, 6.07) is 8.31. The third kappa shape index (κ3) is 2.74. The first-order valence-electron chi connectivity index (χ1n) is 5.52. The average Bonchev–Trinajstić information content (AvgIpc) is 2.66. The quantitative estimate of drug-likeness (QED) is 0.834. The topological polar surface area (TPSA) is 29.1 Å². The van der Waals surface area contributed by atoms with Gasteiger partial charge >= 0.3 is 0 Å². The zero-order valence-electron chi connectivity index (χ0n) is 10.6. The molecule has 2 rings (SSSR count). The minimum atomic E-state index is -0.0261. The smallest absolute Gasteiger partial charge is 0.246 e. The van der Waals surface area contributed by atoms with Crippen molar-refractivity contribution in [3.05, 3.63) is 40.3 Å². The van der Waals surface area contributed by atoms with Crippen molar-refractivity contribution in [1.82, 2.24) is 5.32 Å². The van der Waals surface area contributed by atoms with Gasteiger partial charge in [-0.1, -0.05) is 18.2 Å². The maximum absolute atomic E-state index is 11.5. The van der Waals surface area contributed by atoms with E-state index in [1.807, 2.05) is 25.1 Å². The molecule has 0 atom stereocenters. The van der Waals surface area contributed by atoms with Crippen LogP contribution in [0, 0.1) is 6.92 Å². The van der Waals surface area contributed by atoms with E-state index < -0.39 is 0 Å². The van der Waals surface area contributed by atoms with Crippen LogP contribution in [0.3, 0.4) is 0 Å². The summed E-state index contributed by atoms with van der Waals surface area (Å²) in [4.78, 5) is 12.6. The van der Waals surface area contributed by atoms with Gasteiger partial charge in [0.25, 0.3) is 0 Å². The van der Waals surface area contributed by atoms with Crippen molar-refractivity contribution in [3.63, 3.8) is 0 Å². The third-order valence-electron chi connectivity index (χ3n) is 2.81. The first-order valence-corrected chi connectivity index (χ1v) is 6.33. The molecule has 4 heteroatoms. The Kier molecular flexibility index (Phi) is 4.93. The van der Waals surface area contributed by atoms with Gasteiger partial charge in [-0.2, -0.15) is 0 Å². The molecule has 1 amide bonds. The summed E-state index contributed by atoms with van der Waals surface area (Å²) < 4.78 is 1.26. The van der Waals surface area contributed by atoms with Crippen molar-refractivity contribution < 1.29 is 4.79 Å². The van der Waals surface area contributed by atoms with Crippen LogP contribution in [-0.2, 0) is 4.79 Å². The Morgan fingerprint density at radius 1 is 1.33 bits per heavy atom. The highest BCUT2D eigenvalue weighted by atomic mass is 35.5. The van der Waals surface area contributed by atoms with Crippen LogP contribution in [-0.4, -0.2) is 13.0 Å². The first kappa shape index (κ1) is 14.7. The molecule has 0 aliphatic carbocycles. The number of benzene rings is 1. The molecular weight excluding hydrogens is 266 g/mol. The van der Waals surface area contributed by atoms with E-state index in [0.29, 0.717) is 0 Å². The van der Waals surface area contributed by atoms with Gasteiger partial charge < -0.3 is 5.32 Å². The monoisotopic (exact) mass is 281 g/mol. The summed E-state index contributed by atoms with van der Waals surface area (Å²) in [5, 5.41) is 3.91. The number of aryl methyl sites for hydroxylation is 1. The number of carbonyl (C=O) groups excluding carboxylic acids is 1.